The minimum atomic E-state index is -0.400. The van der Waals surface area contributed by atoms with E-state index in [4.69, 9.17) is 4.74 Å². The number of hydrogen-bond donors (Lipinski definition) is 1. The normalized spacial score (nSPS) is 18.6. The smallest absolute Gasteiger partial charge is 0.407 e. The molecule has 1 fully saturated rings. The Balaban J connectivity index is 2.15. The number of alkyl carbamates (subject to hydrolysis) is 1. The molecule has 0 aromatic carbocycles. The van der Waals surface area contributed by atoms with E-state index in [-0.39, 0.29) is 6.09 Å². The molecule has 0 bridgehead atoms. The second-order valence-corrected chi connectivity index (χ2v) is 5.20. The standard InChI is InChI=1S/C12H22NO2/c1-12(2,3)15-11(14)13-9-10-7-5-4-6-8-10/h5,10H,4,6-9H2,1-3H3,(H,13,14). The summed E-state index contributed by atoms with van der Waals surface area (Å²) in [5.74, 6) is 0.603. The molecule has 87 valence electrons. The molecular weight excluding hydrogens is 190 g/mol. The van der Waals surface area contributed by atoms with Crippen LogP contribution in [0.15, 0.2) is 0 Å². The first-order chi connectivity index (χ1) is 6.97. The van der Waals surface area contributed by atoms with Gasteiger partial charge in [0.05, 0.1) is 0 Å². The van der Waals surface area contributed by atoms with Crippen LogP contribution in [0.3, 0.4) is 0 Å². The van der Waals surface area contributed by atoms with Crippen molar-refractivity contribution in [2.45, 2.75) is 52.1 Å². The van der Waals surface area contributed by atoms with Crippen molar-refractivity contribution in [2.75, 3.05) is 6.54 Å². The predicted molar refractivity (Wildman–Crippen MR) is 60.5 cm³/mol. The van der Waals surface area contributed by atoms with Gasteiger partial charge in [0, 0.05) is 6.54 Å². The molecule has 3 nitrogen and oxygen atoms in total. The van der Waals surface area contributed by atoms with Gasteiger partial charge in [0.15, 0.2) is 0 Å². The molecule has 1 radical (unpaired) electrons. The molecule has 3 heteroatoms. The highest BCUT2D eigenvalue weighted by molar-refractivity contribution is 5.67. The Morgan fingerprint density at radius 3 is 2.80 bits per heavy atom. The second-order valence-electron chi connectivity index (χ2n) is 5.20. The highest BCUT2D eigenvalue weighted by Crippen LogP contribution is 2.22. The van der Waals surface area contributed by atoms with Crippen LogP contribution in [0.1, 0.15) is 46.5 Å². The molecule has 0 heterocycles. The van der Waals surface area contributed by atoms with Crippen LogP contribution in [0.2, 0.25) is 0 Å². The molecule has 0 saturated heterocycles. The SMILES string of the molecule is CC(C)(C)OC(=O)NCC1C[CH]CCC1. The third-order valence-electron chi connectivity index (χ3n) is 2.45. The van der Waals surface area contributed by atoms with Crippen molar-refractivity contribution in [1.29, 1.82) is 0 Å². The van der Waals surface area contributed by atoms with Crippen molar-refractivity contribution >= 4 is 6.09 Å². The zero-order valence-corrected chi connectivity index (χ0v) is 10.0. The minimum absolute atomic E-state index is 0.298. The van der Waals surface area contributed by atoms with Gasteiger partial charge < -0.3 is 10.1 Å². The first-order valence-electron chi connectivity index (χ1n) is 5.76. The lowest BCUT2D eigenvalue weighted by Gasteiger charge is -2.23. The Labute approximate surface area is 92.6 Å². The maximum Gasteiger partial charge on any atom is 0.407 e. The van der Waals surface area contributed by atoms with E-state index < -0.39 is 5.60 Å². The molecule has 1 saturated carbocycles. The molecule has 1 N–H and O–H groups in total. The van der Waals surface area contributed by atoms with Gasteiger partial charge in [0.1, 0.15) is 5.60 Å². The van der Waals surface area contributed by atoms with Gasteiger partial charge in [-0.25, -0.2) is 4.79 Å². The fourth-order valence-electron chi connectivity index (χ4n) is 1.75. The van der Waals surface area contributed by atoms with E-state index in [1.165, 1.54) is 19.3 Å². The van der Waals surface area contributed by atoms with Crippen molar-refractivity contribution in [1.82, 2.24) is 5.32 Å². The summed E-state index contributed by atoms with van der Waals surface area (Å²) in [5.41, 5.74) is -0.400. The zero-order valence-electron chi connectivity index (χ0n) is 10.0. The lowest BCUT2D eigenvalue weighted by atomic mass is 9.89. The topological polar surface area (TPSA) is 38.3 Å². The summed E-state index contributed by atoms with van der Waals surface area (Å²) in [7, 11) is 0. The number of nitrogens with one attached hydrogen (secondary N) is 1. The second kappa shape index (κ2) is 5.38. The highest BCUT2D eigenvalue weighted by Gasteiger charge is 2.18. The molecule has 1 atom stereocenters. The molecule has 1 aliphatic rings. The van der Waals surface area contributed by atoms with Gasteiger partial charge >= 0.3 is 6.09 Å². The average Bonchev–Trinajstić information content (AvgIpc) is 2.14. The first-order valence-corrected chi connectivity index (χ1v) is 5.76. The van der Waals surface area contributed by atoms with Crippen LogP contribution in [-0.4, -0.2) is 18.2 Å². The Morgan fingerprint density at radius 1 is 1.53 bits per heavy atom. The Kier molecular flexibility index (Phi) is 4.43. The largest absolute Gasteiger partial charge is 0.444 e. The summed E-state index contributed by atoms with van der Waals surface area (Å²) in [4.78, 5) is 11.4. The molecule has 1 amide bonds. The van der Waals surface area contributed by atoms with Crippen LogP contribution < -0.4 is 5.32 Å². The number of ether oxygens (including phenoxy) is 1. The van der Waals surface area contributed by atoms with E-state index in [1.54, 1.807) is 0 Å². The molecule has 15 heavy (non-hydrogen) atoms. The van der Waals surface area contributed by atoms with Gasteiger partial charge in [-0.05, 0) is 46.0 Å². The Morgan fingerprint density at radius 2 is 2.27 bits per heavy atom. The van der Waals surface area contributed by atoms with Gasteiger partial charge in [0.2, 0.25) is 0 Å². The van der Waals surface area contributed by atoms with Crippen LogP contribution in [0.4, 0.5) is 4.79 Å². The predicted octanol–water partition coefficient (Wildman–Crippen LogP) is 2.91. The maximum absolute atomic E-state index is 11.4. The summed E-state index contributed by atoms with van der Waals surface area (Å²) >= 11 is 0. The number of carbonyl (C=O) groups is 1. The van der Waals surface area contributed by atoms with Gasteiger partial charge in [-0.15, -0.1) is 0 Å². The molecule has 1 aliphatic carbocycles. The minimum Gasteiger partial charge on any atom is -0.444 e. The quantitative estimate of drug-likeness (QED) is 0.764. The molecule has 0 aromatic heterocycles. The maximum atomic E-state index is 11.4. The van der Waals surface area contributed by atoms with E-state index in [1.807, 2.05) is 20.8 Å². The van der Waals surface area contributed by atoms with Crippen molar-refractivity contribution in [3.8, 4) is 0 Å². The summed E-state index contributed by atoms with van der Waals surface area (Å²) < 4.78 is 5.17. The fourth-order valence-corrected chi connectivity index (χ4v) is 1.75. The van der Waals surface area contributed by atoms with E-state index >= 15 is 0 Å². The van der Waals surface area contributed by atoms with Gasteiger partial charge in [-0.1, -0.05) is 12.8 Å². The lowest BCUT2D eigenvalue weighted by Crippen LogP contribution is -2.35. The van der Waals surface area contributed by atoms with Crippen molar-refractivity contribution in [3.63, 3.8) is 0 Å². The fraction of sp³-hybridized carbons (Fsp3) is 0.833. The number of hydrogen-bond acceptors (Lipinski definition) is 2. The Hall–Kier alpha value is -0.730. The number of carbonyl (C=O) groups excluding carboxylic acids is 1. The molecule has 0 aromatic rings. The van der Waals surface area contributed by atoms with Crippen LogP contribution in [0.5, 0.6) is 0 Å². The Bertz CT molecular complexity index is 202. The van der Waals surface area contributed by atoms with Crippen molar-refractivity contribution in [2.24, 2.45) is 5.92 Å². The lowest BCUT2D eigenvalue weighted by molar-refractivity contribution is 0.0517. The third kappa shape index (κ3) is 5.65. The van der Waals surface area contributed by atoms with Crippen LogP contribution in [0.25, 0.3) is 0 Å². The van der Waals surface area contributed by atoms with E-state index in [2.05, 4.69) is 11.7 Å². The summed E-state index contributed by atoms with van der Waals surface area (Å²) in [5, 5.41) is 2.83. The van der Waals surface area contributed by atoms with Crippen LogP contribution in [-0.2, 0) is 4.74 Å². The number of amides is 1. The summed E-state index contributed by atoms with van der Waals surface area (Å²) in [6, 6.07) is 0. The summed E-state index contributed by atoms with van der Waals surface area (Å²) in [6.45, 7) is 6.37. The zero-order chi connectivity index (χ0) is 11.3. The summed E-state index contributed by atoms with van der Waals surface area (Å²) in [6.07, 6.45) is 6.82. The van der Waals surface area contributed by atoms with Gasteiger partial charge in [0.25, 0.3) is 0 Å². The highest BCUT2D eigenvalue weighted by atomic mass is 16.6. The van der Waals surface area contributed by atoms with E-state index in [0.29, 0.717) is 5.92 Å². The van der Waals surface area contributed by atoms with E-state index in [9.17, 15) is 4.79 Å². The average molecular weight is 212 g/mol. The monoisotopic (exact) mass is 212 g/mol. The molecular formula is C12H22NO2. The third-order valence-corrected chi connectivity index (χ3v) is 2.45. The van der Waals surface area contributed by atoms with Gasteiger partial charge in [-0.2, -0.15) is 0 Å². The molecule has 1 unspecified atom stereocenters. The van der Waals surface area contributed by atoms with Crippen molar-refractivity contribution in [3.05, 3.63) is 6.42 Å². The van der Waals surface area contributed by atoms with Crippen molar-refractivity contribution < 1.29 is 9.53 Å². The van der Waals surface area contributed by atoms with E-state index in [0.717, 1.165) is 13.0 Å². The molecule has 0 spiro atoms. The van der Waals surface area contributed by atoms with Crippen LogP contribution in [0, 0.1) is 12.3 Å². The molecule has 1 rings (SSSR count). The first kappa shape index (κ1) is 12.3. The van der Waals surface area contributed by atoms with Crippen LogP contribution >= 0.6 is 0 Å². The number of rotatable bonds is 2. The van der Waals surface area contributed by atoms with Gasteiger partial charge in [-0.3, -0.25) is 0 Å². The molecule has 0 aliphatic heterocycles.